The molecule has 1 heterocycles. The molecule has 2 aromatic carbocycles. The molecule has 0 saturated carbocycles. The first-order valence-electron chi connectivity index (χ1n) is 8.87. The molecule has 3 aromatic rings. The summed E-state index contributed by atoms with van der Waals surface area (Å²) in [6.45, 7) is 4.12. The molecule has 0 bridgehead atoms. The van der Waals surface area contributed by atoms with Crippen molar-refractivity contribution in [1.29, 1.82) is 0 Å². The molecule has 1 N–H and O–H groups in total. The minimum Gasteiger partial charge on any atom is -0.478 e. The second-order valence-electron chi connectivity index (χ2n) is 6.23. The molecule has 5 nitrogen and oxygen atoms in total. The van der Waals surface area contributed by atoms with Crippen LogP contribution in [0.2, 0.25) is 5.02 Å². The van der Waals surface area contributed by atoms with Crippen LogP contribution in [0.25, 0.3) is 11.3 Å². The number of hydrogen-bond donors (Lipinski definition) is 1. The fraction of sp³-hybridized carbons (Fsp3) is 0.190. The Bertz CT molecular complexity index is 1000. The Morgan fingerprint density at radius 3 is 2.71 bits per heavy atom. The number of aromatic nitrogens is 1. The summed E-state index contributed by atoms with van der Waals surface area (Å²) in [5.41, 5.74) is 2.42. The van der Waals surface area contributed by atoms with Gasteiger partial charge in [-0.3, -0.25) is 0 Å². The molecule has 1 atom stereocenters. The molecule has 0 aliphatic heterocycles. The number of thiazole rings is 1. The van der Waals surface area contributed by atoms with Gasteiger partial charge in [0.25, 0.3) is 0 Å². The minimum atomic E-state index is -0.979. The lowest BCUT2D eigenvalue weighted by Crippen LogP contribution is -2.27. The third kappa shape index (κ3) is 4.40. The minimum absolute atomic E-state index is 0.0958. The topological polar surface area (TPSA) is 65.8 Å². The van der Waals surface area contributed by atoms with Crippen LogP contribution in [0.3, 0.4) is 0 Å². The zero-order valence-corrected chi connectivity index (χ0v) is 17.1. The third-order valence-electron chi connectivity index (χ3n) is 4.36. The van der Waals surface area contributed by atoms with E-state index >= 15 is 0 Å². The molecule has 0 radical (unpaired) electrons. The second kappa shape index (κ2) is 8.99. The Balaban J connectivity index is 1.94. The number of nitrogens with zero attached hydrogens (tertiary/aromatic N) is 3. The van der Waals surface area contributed by atoms with Gasteiger partial charge in [-0.25, -0.2) is 14.8 Å². The van der Waals surface area contributed by atoms with Crippen molar-refractivity contribution in [2.24, 2.45) is 5.10 Å². The van der Waals surface area contributed by atoms with Crippen LogP contribution < -0.4 is 5.01 Å². The number of halogens is 1. The van der Waals surface area contributed by atoms with E-state index in [0.29, 0.717) is 10.6 Å². The van der Waals surface area contributed by atoms with Gasteiger partial charge in [-0.05, 0) is 25.5 Å². The zero-order valence-electron chi connectivity index (χ0n) is 15.5. The Labute approximate surface area is 172 Å². The van der Waals surface area contributed by atoms with E-state index in [4.69, 9.17) is 16.6 Å². The molecule has 28 heavy (non-hydrogen) atoms. The maximum absolute atomic E-state index is 11.4. The predicted molar refractivity (Wildman–Crippen MR) is 116 cm³/mol. The summed E-state index contributed by atoms with van der Waals surface area (Å²) >= 11 is 7.77. The van der Waals surface area contributed by atoms with Gasteiger partial charge >= 0.3 is 5.97 Å². The van der Waals surface area contributed by atoms with Gasteiger partial charge in [0.15, 0.2) is 0 Å². The van der Waals surface area contributed by atoms with Gasteiger partial charge in [-0.2, -0.15) is 5.10 Å². The van der Waals surface area contributed by atoms with Crippen LogP contribution in [-0.2, 0) is 0 Å². The molecule has 0 fully saturated rings. The van der Waals surface area contributed by atoms with Crippen molar-refractivity contribution in [3.05, 3.63) is 70.1 Å². The van der Waals surface area contributed by atoms with Crippen molar-refractivity contribution in [2.75, 3.05) is 5.01 Å². The van der Waals surface area contributed by atoms with E-state index in [9.17, 15) is 9.90 Å². The Morgan fingerprint density at radius 2 is 2.00 bits per heavy atom. The van der Waals surface area contributed by atoms with Crippen molar-refractivity contribution < 1.29 is 9.90 Å². The number of carbonyl (C=O) groups is 1. The van der Waals surface area contributed by atoms with Gasteiger partial charge in [-0.15, -0.1) is 11.3 Å². The molecule has 144 valence electrons. The van der Waals surface area contributed by atoms with Crippen LogP contribution >= 0.6 is 22.9 Å². The van der Waals surface area contributed by atoms with E-state index in [1.165, 1.54) is 11.3 Å². The van der Waals surface area contributed by atoms with Crippen molar-refractivity contribution in [3.8, 4) is 11.3 Å². The number of carboxylic acids is 1. The van der Waals surface area contributed by atoms with Gasteiger partial charge < -0.3 is 5.11 Å². The summed E-state index contributed by atoms with van der Waals surface area (Å²) in [6, 6.07) is 14.5. The monoisotopic (exact) mass is 413 g/mol. The number of anilines is 1. The lowest BCUT2D eigenvalue weighted by Gasteiger charge is -2.22. The highest BCUT2D eigenvalue weighted by molar-refractivity contribution is 7.14. The summed E-state index contributed by atoms with van der Waals surface area (Å²) in [7, 11) is 0. The summed E-state index contributed by atoms with van der Waals surface area (Å²) in [5, 5.41) is 19.1. The van der Waals surface area contributed by atoms with E-state index < -0.39 is 5.97 Å². The number of hydrazone groups is 1. The smallest absolute Gasteiger partial charge is 0.336 e. The fourth-order valence-electron chi connectivity index (χ4n) is 2.62. The first-order chi connectivity index (χ1) is 13.5. The normalized spacial score (nSPS) is 12.2. The maximum atomic E-state index is 11.4. The van der Waals surface area contributed by atoms with Gasteiger partial charge in [0.1, 0.15) is 0 Å². The number of aromatic carboxylic acids is 1. The lowest BCUT2D eigenvalue weighted by atomic mass is 10.1. The Hall–Kier alpha value is -2.70. The van der Waals surface area contributed by atoms with Crippen LogP contribution in [0.1, 0.15) is 36.2 Å². The molecular formula is C21H20ClN3O2S. The summed E-state index contributed by atoms with van der Waals surface area (Å²) < 4.78 is 0. The molecular weight excluding hydrogens is 394 g/mol. The Morgan fingerprint density at radius 1 is 1.29 bits per heavy atom. The molecule has 3 rings (SSSR count). The average Bonchev–Trinajstić information content (AvgIpc) is 3.18. The average molecular weight is 414 g/mol. The van der Waals surface area contributed by atoms with E-state index in [0.717, 1.165) is 22.8 Å². The van der Waals surface area contributed by atoms with Crippen molar-refractivity contribution in [3.63, 3.8) is 0 Å². The zero-order chi connectivity index (χ0) is 20.1. The van der Waals surface area contributed by atoms with Gasteiger partial charge in [0, 0.05) is 21.5 Å². The maximum Gasteiger partial charge on any atom is 0.336 e. The Kier molecular flexibility index (Phi) is 6.44. The quantitative estimate of drug-likeness (QED) is 0.392. The van der Waals surface area contributed by atoms with Crippen LogP contribution in [-0.4, -0.2) is 28.3 Å². The highest BCUT2D eigenvalue weighted by Gasteiger charge is 2.18. The summed E-state index contributed by atoms with van der Waals surface area (Å²) in [4.78, 5) is 16.1. The van der Waals surface area contributed by atoms with Crippen LogP contribution in [0.5, 0.6) is 0 Å². The largest absolute Gasteiger partial charge is 0.478 e. The van der Waals surface area contributed by atoms with E-state index in [2.05, 4.69) is 18.9 Å². The third-order valence-corrected chi connectivity index (χ3v) is 5.52. The standard InChI is InChI=1S/C21H20ClN3O2S/c1-3-14(2)25(23-12-15-8-4-5-9-16(15)20(26)27)21-24-19(13-28-21)17-10-6-7-11-18(17)22/h4-14H,3H2,1-2H3,(H,26,27)/b23-12+. The van der Waals surface area contributed by atoms with Gasteiger partial charge in [0.05, 0.1) is 23.5 Å². The van der Waals surface area contributed by atoms with Crippen molar-refractivity contribution >= 4 is 40.3 Å². The number of benzene rings is 2. The van der Waals surface area contributed by atoms with Gasteiger partial charge in [-0.1, -0.05) is 54.9 Å². The second-order valence-corrected chi connectivity index (χ2v) is 7.48. The molecule has 0 amide bonds. The van der Waals surface area contributed by atoms with Crippen LogP contribution in [0, 0.1) is 0 Å². The number of carboxylic acid groups (broad SMARTS) is 1. The van der Waals surface area contributed by atoms with E-state index in [1.807, 2.05) is 34.7 Å². The molecule has 1 aromatic heterocycles. The first-order valence-corrected chi connectivity index (χ1v) is 10.1. The van der Waals surface area contributed by atoms with Crippen molar-refractivity contribution in [2.45, 2.75) is 26.3 Å². The van der Waals surface area contributed by atoms with E-state index in [1.54, 1.807) is 30.5 Å². The lowest BCUT2D eigenvalue weighted by molar-refractivity contribution is 0.0697. The van der Waals surface area contributed by atoms with Crippen molar-refractivity contribution in [1.82, 2.24) is 4.98 Å². The molecule has 7 heteroatoms. The predicted octanol–water partition coefficient (Wildman–Crippen LogP) is 5.80. The molecule has 0 aliphatic rings. The highest BCUT2D eigenvalue weighted by Crippen LogP contribution is 2.32. The molecule has 0 spiro atoms. The van der Waals surface area contributed by atoms with Gasteiger partial charge in [0.2, 0.25) is 5.13 Å². The SMILES string of the molecule is CCC(C)N(/N=C/c1ccccc1C(=O)O)c1nc(-c2ccccc2Cl)cs1. The molecule has 0 saturated heterocycles. The van der Waals surface area contributed by atoms with Crippen LogP contribution in [0.15, 0.2) is 59.0 Å². The molecule has 1 unspecified atom stereocenters. The summed E-state index contributed by atoms with van der Waals surface area (Å²) in [6.07, 6.45) is 2.44. The van der Waals surface area contributed by atoms with Crippen LogP contribution in [0.4, 0.5) is 5.13 Å². The number of hydrogen-bond acceptors (Lipinski definition) is 5. The summed E-state index contributed by atoms with van der Waals surface area (Å²) in [5.74, 6) is -0.979. The van der Waals surface area contributed by atoms with E-state index in [-0.39, 0.29) is 11.6 Å². The fourth-order valence-corrected chi connectivity index (χ4v) is 3.73. The molecule has 0 aliphatic carbocycles. The highest BCUT2D eigenvalue weighted by atomic mass is 35.5. The number of rotatable bonds is 7. The first kappa shape index (κ1) is 20.0.